The van der Waals surface area contributed by atoms with E-state index < -0.39 is 0 Å². The first-order chi connectivity index (χ1) is 13.4. The number of aliphatic hydroxyl groups excluding tert-OH is 1. The number of hydrogen-bond donors (Lipinski definition) is 1. The average Bonchev–Trinajstić information content (AvgIpc) is 3.04. The predicted octanol–water partition coefficient (Wildman–Crippen LogP) is 7.23. The Morgan fingerprint density at radius 3 is 2.71 bits per heavy atom. The predicted molar refractivity (Wildman–Crippen MR) is 119 cm³/mol. The third-order valence-corrected chi connectivity index (χ3v) is 9.34. The molecule has 4 aliphatic rings. The van der Waals surface area contributed by atoms with Gasteiger partial charge < -0.3 is 5.11 Å². The van der Waals surface area contributed by atoms with Crippen molar-refractivity contribution >= 4 is 0 Å². The molecule has 0 amide bonds. The Hall–Kier alpha value is -0.820. The molecule has 4 rings (SSSR count). The minimum absolute atomic E-state index is 0.341. The van der Waals surface area contributed by atoms with Crippen LogP contribution in [0.5, 0.6) is 0 Å². The monoisotopic (exact) mass is 382 g/mol. The van der Waals surface area contributed by atoms with E-state index in [2.05, 4.69) is 45.9 Å². The van der Waals surface area contributed by atoms with Gasteiger partial charge in [-0.2, -0.15) is 0 Å². The summed E-state index contributed by atoms with van der Waals surface area (Å²) in [5.41, 5.74) is 5.93. The van der Waals surface area contributed by atoms with Crippen LogP contribution in [0, 0.1) is 34.5 Å². The first kappa shape index (κ1) is 20.5. The van der Waals surface area contributed by atoms with Gasteiger partial charge in [-0.3, -0.25) is 0 Å². The van der Waals surface area contributed by atoms with Crippen LogP contribution in [0.2, 0.25) is 0 Å². The van der Waals surface area contributed by atoms with Crippen molar-refractivity contribution in [1.29, 1.82) is 0 Å². The first-order valence-electron chi connectivity index (χ1n) is 12.1. The van der Waals surface area contributed by atoms with Gasteiger partial charge in [-0.15, -0.1) is 0 Å². The van der Waals surface area contributed by atoms with Crippen molar-refractivity contribution in [2.75, 3.05) is 6.61 Å². The van der Waals surface area contributed by atoms with Gasteiger partial charge in [-0.1, -0.05) is 70.8 Å². The molecule has 0 aromatic heterocycles. The fraction of sp³-hybridized carbons (Fsp3) is 0.778. The summed E-state index contributed by atoms with van der Waals surface area (Å²) in [6, 6.07) is 0. The molecule has 1 nitrogen and oxygen atoms in total. The minimum atomic E-state index is 0.341. The smallest absolute Gasteiger partial charge is 0.0456 e. The Labute approximate surface area is 173 Å². The van der Waals surface area contributed by atoms with E-state index in [1.807, 2.05) is 0 Å². The van der Waals surface area contributed by atoms with Gasteiger partial charge in [0.1, 0.15) is 0 Å². The van der Waals surface area contributed by atoms with Crippen LogP contribution in [0.1, 0.15) is 91.9 Å². The van der Waals surface area contributed by atoms with Crippen molar-refractivity contribution in [2.24, 2.45) is 34.5 Å². The molecular formula is C27H42O. The molecule has 6 atom stereocenters. The van der Waals surface area contributed by atoms with E-state index in [1.54, 1.807) is 16.7 Å². The van der Waals surface area contributed by atoms with E-state index in [4.69, 9.17) is 0 Å². The number of hydrogen-bond acceptors (Lipinski definition) is 1. The van der Waals surface area contributed by atoms with Gasteiger partial charge in [0.25, 0.3) is 0 Å². The van der Waals surface area contributed by atoms with Gasteiger partial charge >= 0.3 is 0 Å². The summed E-state index contributed by atoms with van der Waals surface area (Å²) in [5.74, 6) is 2.89. The second kappa shape index (κ2) is 7.78. The zero-order chi connectivity index (χ0) is 19.9. The molecule has 0 heterocycles. The lowest BCUT2D eigenvalue weighted by molar-refractivity contribution is 0.117. The van der Waals surface area contributed by atoms with Gasteiger partial charge in [-0.05, 0) is 85.2 Å². The second-order valence-electron chi connectivity index (χ2n) is 11.1. The summed E-state index contributed by atoms with van der Waals surface area (Å²) in [6.45, 7) is 10.2. The van der Waals surface area contributed by atoms with E-state index in [9.17, 15) is 5.11 Å². The Kier molecular flexibility index (Phi) is 5.69. The molecule has 28 heavy (non-hydrogen) atoms. The summed E-state index contributed by atoms with van der Waals surface area (Å²) in [4.78, 5) is 0. The Balaban J connectivity index is 1.52. The molecule has 0 aromatic rings. The lowest BCUT2D eigenvalue weighted by Gasteiger charge is -2.50. The summed E-state index contributed by atoms with van der Waals surface area (Å²) in [7, 11) is 0. The largest absolute Gasteiger partial charge is 0.396 e. The molecule has 1 N–H and O–H groups in total. The van der Waals surface area contributed by atoms with E-state index in [0.29, 0.717) is 23.4 Å². The second-order valence-corrected chi connectivity index (χ2v) is 11.1. The van der Waals surface area contributed by atoms with E-state index in [0.717, 1.165) is 17.8 Å². The normalized spacial score (nSPS) is 39.1. The Bertz CT molecular complexity index is 682. The molecule has 0 spiro atoms. The minimum Gasteiger partial charge on any atom is -0.396 e. The first-order valence-corrected chi connectivity index (χ1v) is 12.1. The van der Waals surface area contributed by atoms with Crippen molar-refractivity contribution in [2.45, 2.75) is 91.9 Å². The number of allylic oxidation sites excluding steroid dienone is 6. The highest BCUT2D eigenvalue weighted by Gasteiger charge is 2.53. The third kappa shape index (κ3) is 3.26. The molecule has 0 saturated heterocycles. The molecule has 156 valence electrons. The van der Waals surface area contributed by atoms with Crippen LogP contribution in [-0.2, 0) is 0 Å². The van der Waals surface area contributed by atoms with Crippen molar-refractivity contribution in [1.82, 2.24) is 0 Å². The molecular weight excluding hydrogens is 340 g/mol. The molecule has 4 aliphatic carbocycles. The fourth-order valence-corrected chi connectivity index (χ4v) is 7.46. The van der Waals surface area contributed by atoms with Crippen molar-refractivity contribution in [3.05, 3.63) is 34.9 Å². The van der Waals surface area contributed by atoms with Crippen molar-refractivity contribution in [3.8, 4) is 0 Å². The van der Waals surface area contributed by atoms with Gasteiger partial charge in [0, 0.05) is 12.0 Å². The highest BCUT2D eigenvalue weighted by molar-refractivity contribution is 5.53. The number of rotatable bonds is 6. The fourth-order valence-electron chi connectivity index (χ4n) is 7.46. The SMILES string of the molecule is CC(CO)CCC[C@@H](C)[C@H]1CC[C@H]2C3=CC=C4CCCC[C@]4(C)C3=CC[C@]12C. The molecule has 0 radical (unpaired) electrons. The molecule has 0 aliphatic heterocycles. The van der Waals surface area contributed by atoms with Crippen LogP contribution < -0.4 is 0 Å². The lowest BCUT2D eigenvalue weighted by Crippen LogP contribution is -2.40. The van der Waals surface area contributed by atoms with Crippen LogP contribution in [0.25, 0.3) is 0 Å². The van der Waals surface area contributed by atoms with E-state index in [-0.39, 0.29) is 0 Å². The van der Waals surface area contributed by atoms with Crippen LogP contribution in [0.4, 0.5) is 0 Å². The van der Waals surface area contributed by atoms with Crippen LogP contribution in [-0.4, -0.2) is 11.7 Å². The summed E-state index contributed by atoms with van der Waals surface area (Å²) >= 11 is 0. The van der Waals surface area contributed by atoms with Crippen molar-refractivity contribution in [3.63, 3.8) is 0 Å². The number of aliphatic hydroxyl groups is 1. The van der Waals surface area contributed by atoms with Crippen LogP contribution in [0.15, 0.2) is 34.9 Å². The highest BCUT2D eigenvalue weighted by atomic mass is 16.3. The lowest BCUT2D eigenvalue weighted by atomic mass is 9.54. The van der Waals surface area contributed by atoms with Crippen molar-refractivity contribution < 1.29 is 5.11 Å². The maximum Gasteiger partial charge on any atom is 0.0456 e. The van der Waals surface area contributed by atoms with Gasteiger partial charge in [0.05, 0.1) is 0 Å². The molecule has 1 heteroatoms. The van der Waals surface area contributed by atoms with Gasteiger partial charge in [-0.25, -0.2) is 0 Å². The summed E-state index contributed by atoms with van der Waals surface area (Å²) < 4.78 is 0. The van der Waals surface area contributed by atoms with Gasteiger partial charge in [0.15, 0.2) is 0 Å². The standard InChI is InChI=1S/C27H42O/c1-19(18-28)8-7-9-20(2)23-13-14-24-22-12-11-21-10-5-6-16-26(21,3)25(22)15-17-27(23,24)4/h11-12,15,19-20,23-24,28H,5-10,13-14,16-18H2,1-4H3/t19?,20-,23-,24+,26+,27-/m1/s1. The molecule has 0 aromatic carbocycles. The topological polar surface area (TPSA) is 20.2 Å². The third-order valence-electron chi connectivity index (χ3n) is 9.34. The number of fused-ring (bicyclic) bond motifs is 5. The molecule has 0 bridgehead atoms. The van der Waals surface area contributed by atoms with E-state index >= 15 is 0 Å². The zero-order valence-corrected chi connectivity index (χ0v) is 18.8. The van der Waals surface area contributed by atoms with E-state index in [1.165, 1.54) is 64.2 Å². The van der Waals surface area contributed by atoms with Gasteiger partial charge in [0.2, 0.25) is 0 Å². The average molecular weight is 383 g/mol. The Morgan fingerprint density at radius 2 is 1.93 bits per heavy atom. The summed E-state index contributed by atoms with van der Waals surface area (Å²) in [5, 5.41) is 9.30. The maximum absolute atomic E-state index is 9.30. The van der Waals surface area contributed by atoms with Crippen LogP contribution >= 0.6 is 0 Å². The van der Waals surface area contributed by atoms with Crippen LogP contribution in [0.3, 0.4) is 0 Å². The quantitative estimate of drug-likeness (QED) is 0.513. The zero-order valence-electron chi connectivity index (χ0n) is 18.8. The molecule has 2 fully saturated rings. The Morgan fingerprint density at radius 1 is 1.11 bits per heavy atom. The molecule has 2 saturated carbocycles. The molecule has 1 unspecified atom stereocenters. The maximum atomic E-state index is 9.30. The highest BCUT2D eigenvalue weighted by Crippen LogP contribution is 2.64. The summed E-state index contributed by atoms with van der Waals surface area (Å²) in [6.07, 6.45) is 21.0.